The summed E-state index contributed by atoms with van der Waals surface area (Å²) in [5, 5.41) is 5.68. The van der Waals surface area contributed by atoms with Crippen LogP contribution in [0.5, 0.6) is 0 Å². The van der Waals surface area contributed by atoms with Crippen LogP contribution in [-0.4, -0.2) is 28.4 Å². The van der Waals surface area contributed by atoms with Crippen LogP contribution in [0, 0.1) is 0 Å². The number of nitrogens with one attached hydrogen (secondary N) is 1. The Morgan fingerprint density at radius 1 is 1.22 bits per heavy atom. The van der Waals surface area contributed by atoms with Gasteiger partial charge in [0.1, 0.15) is 0 Å². The molecule has 0 spiro atoms. The molecule has 1 aromatic heterocycles. The molecule has 0 fully saturated rings. The Kier molecular flexibility index (Phi) is 4.77. The lowest BCUT2D eigenvalue weighted by atomic mass is 10.1. The van der Waals surface area contributed by atoms with Crippen molar-refractivity contribution in [1.82, 2.24) is 15.5 Å². The molecule has 2 aromatic rings. The van der Waals surface area contributed by atoms with Crippen molar-refractivity contribution in [3.63, 3.8) is 0 Å². The molecular weight excluding hydrogens is 315 g/mol. The average Bonchev–Trinajstić information content (AvgIpc) is 3.02. The van der Waals surface area contributed by atoms with E-state index in [4.69, 9.17) is 0 Å². The summed E-state index contributed by atoms with van der Waals surface area (Å²) >= 11 is 0. The molecule has 1 N–H and O–H groups in total. The van der Waals surface area contributed by atoms with Gasteiger partial charge in [-0.25, -0.2) is 0 Å². The number of ketones is 1. The van der Waals surface area contributed by atoms with Crippen molar-refractivity contribution in [3.8, 4) is 11.4 Å². The first-order chi connectivity index (χ1) is 10.8. The number of halogens is 3. The highest BCUT2D eigenvalue weighted by atomic mass is 19.4. The van der Waals surface area contributed by atoms with E-state index in [1.165, 1.54) is 24.3 Å². The maximum absolute atomic E-state index is 12.4. The van der Waals surface area contributed by atoms with Crippen LogP contribution in [0.15, 0.2) is 28.8 Å². The molecular formula is C14H12F3N3O3. The number of hydrogen-bond acceptors (Lipinski definition) is 5. The molecule has 0 atom stereocenters. The van der Waals surface area contributed by atoms with Gasteiger partial charge in [0.25, 0.3) is 5.91 Å². The zero-order valence-electron chi connectivity index (χ0n) is 12.0. The first kappa shape index (κ1) is 16.7. The quantitative estimate of drug-likeness (QED) is 0.673. The van der Waals surface area contributed by atoms with Crippen LogP contribution in [0.4, 0.5) is 13.2 Å². The summed E-state index contributed by atoms with van der Waals surface area (Å²) in [5.74, 6) is -3.18. The van der Waals surface area contributed by atoms with Crippen LogP contribution in [0.1, 0.15) is 29.6 Å². The largest absolute Gasteiger partial charge is 0.471 e. The molecule has 0 aliphatic carbocycles. The lowest BCUT2D eigenvalue weighted by Gasteiger charge is -2.03. The van der Waals surface area contributed by atoms with E-state index >= 15 is 0 Å². The molecule has 0 saturated heterocycles. The van der Waals surface area contributed by atoms with Gasteiger partial charge in [0.15, 0.2) is 0 Å². The fraction of sp³-hybridized carbons (Fsp3) is 0.286. The van der Waals surface area contributed by atoms with Crippen LogP contribution in [0.25, 0.3) is 11.4 Å². The normalized spacial score (nSPS) is 11.3. The number of Topliss-reactive ketones (excluding diaryl/α,β-unsaturated/α-hetero) is 1. The van der Waals surface area contributed by atoms with Crippen molar-refractivity contribution >= 4 is 11.7 Å². The van der Waals surface area contributed by atoms with E-state index < -0.39 is 23.8 Å². The van der Waals surface area contributed by atoms with Crippen LogP contribution in [0.2, 0.25) is 0 Å². The third-order valence-corrected chi connectivity index (χ3v) is 2.82. The highest BCUT2D eigenvalue weighted by Gasteiger charge is 2.38. The Balaban J connectivity index is 2.15. The topological polar surface area (TPSA) is 85.1 Å². The smallest absolute Gasteiger partial charge is 0.349 e. The molecule has 0 aliphatic rings. The SMILES string of the molecule is CCCNC(=O)C(=O)c1ccc(-c2noc(C(F)(F)F)n2)cc1. The van der Waals surface area contributed by atoms with Crippen molar-refractivity contribution in [2.75, 3.05) is 6.54 Å². The van der Waals surface area contributed by atoms with Crippen molar-refractivity contribution in [3.05, 3.63) is 35.7 Å². The summed E-state index contributed by atoms with van der Waals surface area (Å²) < 4.78 is 41.3. The van der Waals surface area contributed by atoms with E-state index in [2.05, 4.69) is 20.0 Å². The minimum absolute atomic E-state index is 0.113. The molecule has 1 aromatic carbocycles. The molecule has 1 amide bonds. The van der Waals surface area contributed by atoms with E-state index in [1.807, 2.05) is 6.92 Å². The third kappa shape index (κ3) is 3.93. The molecule has 9 heteroatoms. The summed E-state index contributed by atoms with van der Waals surface area (Å²) in [6, 6.07) is 5.30. The van der Waals surface area contributed by atoms with Gasteiger partial charge in [-0.3, -0.25) is 9.59 Å². The minimum atomic E-state index is -4.72. The number of carbonyl (C=O) groups excluding carboxylic acids is 2. The van der Waals surface area contributed by atoms with Crippen LogP contribution < -0.4 is 5.32 Å². The molecule has 0 bridgehead atoms. The van der Waals surface area contributed by atoms with Crippen LogP contribution in [0.3, 0.4) is 0 Å². The molecule has 2 rings (SSSR count). The number of alkyl halides is 3. The minimum Gasteiger partial charge on any atom is -0.349 e. The number of aromatic nitrogens is 2. The maximum Gasteiger partial charge on any atom is 0.471 e. The Hall–Kier alpha value is -2.71. The third-order valence-electron chi connectivity index (χ3n) is 2.82. The summed E-state index contributed by atoms with van der Waals surface area (Å²) in [7, 11) is 0. The van der Waals surface area contributed by atoms with E-state index in [0.717, 1.165) is 0 Å². The van der Waals surface area contributed by atoms with Gasteiger partial charge in [0.05, 0.1) is 0 Å². The van der Waals surface area contributed by atoms with Crippen molar-refractivity contribution < 1.29 is 27.3 Å². The molecule has 6 nitrogen and oxygen atoms in total. The van der Waals surface area contributed by atoms with Gasteiger partial charge < -0.3 is 9.84 Å². The highest BCUT2D eigenvalue weighted by Crippen LogP contribution is 2.29. The fourth-order valence-corrected chi connectivity index (χ4v) is 1.68. The summed E-state index contributed by atoms with van der Waals surface area (Å²) in [6.45, 7) is 2.23. The Morgan fingerprint density at radius 2 is 1.87 bits per heavy atom. The second-order valence-electron chi connectivity index (χ2n) is 4.58. The summed E-state index contributed by atoms with van der Waals surface area (Å²) in [4.78, 5) is 26.6. The molecule has 23 heavy (non-hydrogen) atoms. The predicted molar refractivity (Wildman–Crippen MR) is 72.4 cm³/mol. The zero-order valence-corrected chi connectivity index (χ0v) is 12.0. The van der Waals surface area contributed by atoms with Gasteiger partial charge in [-0.2, -0.15) is 18.2 Å². The Morgan fingerprint density at radius 3 is 2.39 bits per heavy atom. The van der Waals surface area contributed by atoms with Crippen molar-refractivity contribution in [2.24, 2.45) is 0 Å². The van der Waals surface area contributed by atoms with Gasteiger partial charge in [0, 0.05) is 17.7 Å². The first-order valence-electron chi connectivity index (χ1n) is 6.66. The maximum atomic E-state index is 12.4. The van der Waals surface area contributed by atoms with E-state index in [1.54, 1.807) is 0 Å². The predicted octanol–water partition coefficient (Wildman–Crippen LogP) is 2.46. The van der Waals surface area contributed by atoms with Crippen LogP contribution in [-0.2, 0) is 11.0 Å². The molecule has 0 aliphatic heterocycles. The Labute approximate surface area is 128 Å². The fourth-order valence-electron chi connectivity index (χ4n) is 1.68. The summed E-state index contributed by atoms with van der Waals surface area (Å²) in [6.07, 6.45) is -4.03. The van der Waals surface area contributed by atoms with Crippen molar-refractivity contribution in [1.29, 1.82) is 0 Å². The van der Waals surface area contributed by atoms with Gasteiger partial charge >= 0.3 is 12.1 Å². The van der Waals surface area contributed by atoms with Gasteiger partial charge in [-0.05, 0) is 6.42 Å². The number of nitrogens with zero attached hydrogens (tertiary/aromatic N) is 2. The number of hydrogen-bond donors (Lipinski definition) is 1. The number of amides is 1. The van der Waals surface area contributed by atoms with E-state index in [0.29, 0.717) is 13.0 Å². The van der Waals surface area contributed by atoms with Crippen LogP contribution >= 0.6 is 0 Å². The number of rotatable bonds is 5. The summed E-state index contributed by atoms with van der Waals surface area (Å²) in [5.41, 5.74) is 0.344. The lowest BCUT2D eigenvalue weighted by molar-refractivity contribution is -0.159. The van der Waals surface area contributed by atoms with Gasteiger partial charge in [-0.1, -0.05) is 36.3 Å². The highest BCUT2D eigenvalue weighted by molar-refractivity contribution is 6.42. The molecule has 0 saturated carbocycles. The second kappa shape index (κ2) is 6.59. The van der Waals surface area contributed by atoms with E-state index in [9.17, 15) is 22.8 Å². The lowest BCUT2D eigenvalue weighted by Crippen LogP contribution is -2.31. The molecule has 0 unspecified atom stereocenters. The Bertz CT molecular complexity index is 708. The molecule has 122 valence electrons. The van der Waals surface area contributed by atoms with E-state index in [-0.39, 0.29) is 17.0 Å². The number of carbonyl (C=O) groups is 2. The standard InChI is InChI=1S/C14H12F3N3O3/c1-2-7-18-12(22)10(21)8-3-5-9(6-4-8)11-19-13(23-20-11)14(15,16)17/h3-6H,2,7H2,1H3,(H,18,22). The average molecular weight is 327 g/mol. The molecule has 1 heterocycles. The first-order valence-corrected chi connectivity index (χ1v) is 6.66. The second-order valence-corrected chi connectivity index (χ2v) is 4.58. The van der Waals surface area contributed by atoms with Gasteiger partial charge in [0.2, 0.25) is 11.6 Å². The van der Waals surface area contributed by atoms with Gasteiger partial charge in [-0.15, -0.1) is 0 Å². The molecule has 0 radical (unpaired) electrons. The monoisotopic (exact) mass is 327 g/mol. The zero-order chi connectivity index (χ0) is 17.0. The van der Waals surface area contributed by atoms with Crippen molar-refractivity contribution in [2.45, 2.75) is 19.5 Å². The number of benzene rings is 1.